The Hall–Kier alpha value is -1.82. The summed E-state index contributed by atoms with van der Waals surface area (Å²) in [7, 11) is 0. The molecule has 0 aliphatic rings. The fraction of sp³-hybridized carbons (Fsp3) is 0.0667. The highest BCUT2D eigenvalue weighted by Gasteiger charge is 2.33. The summed E-state index contributed by atoms with van der Waals surface area (Å²) in [6, 6.07) is 3.05. The lowest BCUT2D eigenvalue weighted by Gasteiger charge is -2.12. The molecule has 0 fully saturated rings. The fourth-order valence-electron chi connectivity index (χ4n) is 2.10. The summed E-state index contributed by atoms with van der Waals surface area (Å²) in [5, 5.41) is 0.621. The number of aromatic amines is 1. The highest BCUT2D eigenvalue weighted by atomic mass is 79.9. The van der Waals surface area contributed by atoms with Crippen LogP contribution >= 0.6 is 50.9 Å². The van der Waals surface area contributed by atoms with E-state index in [1.54, 1.807) is 4.98 Å². The lowest BCUT2D eigenvalue weighted by atomic mass is 10.3. The Morgan fingerprint density at radius 3 is 2.32 bits per heavy atom. The minimum absolute atomic E-state index is 0.0272. The zero-order chi connectivity index (χ0) is 20.6. The predicted molar refractivity (Wildman–Crippen MR) is 102 cm³/mol. The second kappa shape index (κ2) is 7.90. The average Bonchev–Trinajstić information content (AvgIpc) is 2.59. The van der Waals surface area contributed by atoms with Gasteiger partial charge in [-0.05, 0) is 39.8 Å². The van der Waals surface area contributed by atoms with E-state index in [0.29, 0.717) is 24.1 Å². The molecule has 6 nitrogen and oxygen atoms in total. The van der Waals surface area contributed by atoms with Crippen LogP contribution in [0.2, 0.25) is 10.0 Å². The highest BCUT2D eigenvalue weighted by molar-refractivity contribution is 9.10. The first-order valence-corrected chi connectivity index (χ1v) is 9.51. The molecule has 0 radical (unpaired) electrons. The molecular weight excluding hydrogens is 508 g/mol. The molecule has 0 saturated heterocycles. The predicted octanol–water partition coefficient (Wildman–Crippen LogP) is 4.56. The lowest BCUT2D eigenvalue weighted by molar-refractivity contribution is -0.141. The molecule has 146 valence electrons. The summed E-state index contributed by atoms with van der Waals surface area (Å²) in [5.74, 6) is 0. The smallest absolute Gasteiger partial charge is 0.303 e. The fourth-order valence-corrected chi connectivity index (χ4v) is 3.89. The Labute approximate surface area is 176 Å². The molecule has 0 aliphatic heterocycles. The Kier molecular flexibility index (Phi) is 5.89. The van der Waals surface area contributed by atoms with Crippen molar-refractivity contribution in [1.29, 1.82) is 0 Å². The zero-order valence-electron chi connectivity index (χ0n) is 13.2. The molecule has 0 spiro atoms. The van der Waals surface area contributed by atoms with Crippen LogP contribution in [-0.2, 0) is 6.18 Å². The Bertz CT molecular complexity index is 1130. The second-order valence-corrected chi connectivity index (χ2v) is 7.89. The van der Waals surface area contributed by atoms with Gasteiger partial charge in [0, 0.05) is 15.4 Å². The number of hydrogen-bond acceptors (Lipinski definition) is 5. The van der Waals surface area contributed by atoms with Gasteiger partial charge in [0.05, 0.1) is 28.1 Å². The molecule has 0 bridgehead atoms. The largest absolute Gasteiger partial charge is 0.431 e. The first-order valence-electron chi connectivity index (χ1n) is 7.14. The SMILES string of the molecule is O=c1cc(C(F)(F)F)[nH]c(=O)n1-c1cc(Sc2ncc(Cl)cn2)c(Br)cc1Cl. The van der Waals surface area contributed by atoms with Crippen molar-refractivity contribution >= 4 is 50.9 Å². The van der Waals surface area contributed by atoms with Crippen molar-refractivity contribution in [3.63, 3.8) is 0 Å². The molecule has 0 atom stereocenters. The van der Waals surface area contributed by atoms with Crippen LogP contribution in [0, 0.1) is 0 Å². The number of aromatic nitrogens is 4. The van der Waals surface area contributed by atoms with E-state index in [0.717, 1.165) is 11.8 Å². The van der Waals surface area contributed by atoms with Crippen molar-refractivity contribution in [2.24, 2.45) is 0 Å². The van der Waals surface area contributed by atoms with Crippen LogP contribution in [-0.4, -0.2) is 19.5 Å². The van der Waals surface area contributed by atoms with Gasteiger partial charge in [-0.3, -0.25) is 4.79 Å². The third-order valence-electron chi connectivity index (χ3n) is 3.28. The van der Waals surface area contributed by atoms with Crippen LogP contribution in [0.3, 0.4) is 0 Å². The Morgan fingerprint density at radius 1 is 1.11 bits per heavy atom. The minimum Gasteiger partial charge on any atom is -0.303 e. The van der Waals surface area contributed by atoms with Gasteiger partial charge in [-0.25, -0.2) is 19.3 Å². The number of nitrogens with one attached hydrogen (secondary N) is 1. The van der Waals surface area contributed by atoms with Gasteiger partial charge in [0.2, 0.25) is 0 Å². The van der Waals surface area contributed by atoms with E-state index in [4.69, 9.17) is 23.2 Å². The van der Waals surface area contributed by atoms with E-state index in [2.05, 4.69) is 25.9 Å². The van der Waals surface area contributed by atoms with E-state index in [9.17, 15) is 22.8 Å². The average molecular weight is 514 g/mol. The van der Waals surface area contributed by atoms with Crippen LogP contribution in [0.25, 0.3) is 5.69 Å². The van der Waals surface area contributed by atoms with Crippen LogP contribution < -0.4 is 11.2 Å². The summed E-state index contributed by atoms with van der Waals surface area (Å²) in [4.78, 5) is 34.5. The number of rotatable bonds is 3. The molecule has 0 unspecified atom stereocenters. The van der Waals surface area contributed by atoms with Gasteiger partial charge in [0.15, 0.2) is 5.16 Å². The zero-order valence-corrected chi connectivity index (χ0v) is 17.1. The Morgan fingerprint density at radius 2 is 1.75 bits per heavy atom. The first kappa shape index (κ1) is 20.9. The maximum Gasteiger partial charge on any atom is 0.431 e. The van der Waals surface area contributed by atoms with E-state index in [-0.39, 0.29) is 16.8 Å². The number of H-pyrrole nitrogens is 1. The number of benzene rings is 1. The molecule has 0 aliphatic carbocycles. The number of halogens is 6. The first-order chi connectivity index (χ1) is 13.1. The third-order valence-corrected chi connectivity index (χ3v) is 5.65. The van der Waals surface area contributed by atoms with Crippen molar-refractivity contribution in [3.8, 4) is 5.69 Å². The van der Waals surface area contributed by atoms with Crippen LogP contribution in [0.5, 0.6) is 0 Å². The molecule has 3 rings (SSSR count). The topological polar surface area (TPSA) is 80.6 Å². The van der Waals surface area contributed by atoms with Crippen molar-refractivity contribution in [1.82, 2.24) is 19.5 Å². The molecule has 13 heteroatoms. The maximum atomic E-state index is 12.8. The third kappa shape index (κ3) is 4.43. The van der Waals surface area contributed by atoms with Gasteiger partial charge in [0.25, 0.3) is 5.56 Å². The molecule has 2 aromatic heterocycles. The van der Waals surface area contributed by atoms with E-state index < -0.39 is 23.1 Å². The Balaban J connectivity index is 2.12. The molecule has 2 heterocycles. The summed E-state index contributed by atoms with van der Waals surface area (Å²) < 4.78 is 39.3. The monoisotopic (exact) mass is 512 g/mol. The maximum absolute atomic E-state index is 12.8. The van der Waals surface area contributed by atoms with Crippen molar-refractivity contribution in [3.05, 3.63) is 71.6 Å². The van der Waals surface area contributed by atoms with Crippen molar-refractivity contribution < 1.29 is 13.2 Å². The molecule has 28 heavy (non-hydrogen) atoms. The van der Waals surface area contributed by atoms with Gasteiger partial charge in [-0.1, -0.05) is 23.2 Å². The molecule has 1 aromatic carbocycles. The molecule has 0 amide bonds. The number of alkyl halides is 3. The summed E-state index contributed by atoms with van der Waals surface area (Å²) >= 11 is 16.2. The minimum atomic E-state index is -4.87. The van der Waals surface area contributed by atoms with Gasteiger partial charge in [-0.15, -0.1) is 0 Å². The highest BCUT2D eigenvalue weighted by Crippen LogP contribution is 2.36. The number of hydrogen-bond donors (Lipinski definition) is 1. The van der Waals surface area contributed by atoms with Crippen molar-refractivity contribution in [2.45, 2.75) is 16.2 Å². The van der Waals surface area contributed by atoms with Gasteiger partial charge in [-0.2, -0.15) is 13.2 Å². The van der Waals surface area contributed by atoms with E-state index >= 15 is 0 Å². The molecular formula is C15H6BrCl2F3N4O2S. The summed E-state index contributed by atoms with van der Waals surface area (Å²) in [6.07, 6.45) is -2.10. The van der Waals surface area contributed by atoms with Gasteiger partial charge < -0.3 is 4.98 Å². The van der Waals surface area contributed by atoms with Gasteiger partial charge in [0.1, 0.15) is 5.69 Å². The normalized spacial score (nSPS) is 11.6. The van der Waals surface area contributed by atoms with E-state index in [1.807, 2.05) is 0 Å². The summed E-state index contributed by atoms with van der Waals surface area (Å²) in [6.45, 7) is 0. The van der Waals surface area contributed by atoms with Crippen LogP contribution in [0.4, 0.5) is 13.2 Å². The summed E-state index contributed by atoms with van der Waals surface area (Å²) in [5.41, 5.74) is -4.00. The van der Waals surface area contributed by atoms with Crippen LogP contribution in [0.1, 0.15) is 5.69 Å². The van der Waals surface area contributed by atoms with E-state index in [1.165, 1.54) is 24.5 Å². The van der Waals surface area contributed by atoms with Crippen LogP contribution in [0.15, 0.2) is 54.7 Å². The van der Waals surface area contributed by atoms with Crippen molar-refractivity contribution in [2.75, 3.05) is 0 Å². The molecule has 1 N–H and O–H groups in total. The second-order valence-electron chi connectivity index (χ2n) is 5.18. The standard InChI is InChI=1S/C15H6BrCl2F3N4O2S/c16-7-1-8(18)9(2-10(7)28-13-22-4-6(17)5-23-13)25-12(26)3-11(15(19,20)21)24-14(25)27/h1-5H,(H,24,27). The molecule has 3 aromatic rings. The lowest BCUT2D eigenvalue weighted by Crippen LogP contribution is -2.36. The quantitative estimate of drug-likeness (QED) is 0.519. The molecule has 0 saturated carbocycles. The number of nitrogens with zero attached hydrogens (tertiary/aromatic N) is 3. The van der Waals surface area contributed by atoms with Gasteiger partial charge >= 0.3 is 11.9 Å².